The Balaban J connectivity index is 0. The fraction of sp³-hybridized carbons (Fsp3) is 1.00. The first kappa shape index (κ1) is 3920. The topological polar surface area (TPSA) is 0 Å². The summed E-state index contributed by atoms with van der Waals surface area (Å²) in [5.41, 5.74) is 0. The molecule has 0 aliphatic carbocycles. The van der Waals surface area contributed by atoms with Crippen LogP contribution < -0.4 is 0 Å². The van der Waals surface area contributed by atoms with Gasteiger partial charge in [-0.2, -0.15) is 54.0 Å². The molecule has 0 aliphatic rings. The highest BCUT2D eigenvalue weighted by Crippen LogP contribution is 0.651. The summed E-state index contributed by atoms with van der Waals surface area (Å²) in [6.45, 7) is 0. The van der Waals surface area contributed by atoms with Gasteiger partial charge in [0.1, 0.15) is 0 Å². The highest BCUT2D eigenvalue weighted by molar-refractivity contribution is 7.59. The van der Waals surface area contributed by atoms with E-state index in [1.54, 1.807) is 0 Å². The highest BCUT2D eigenvalue weighted by atomic mass is 32.1. The zero-order valence-electron chi connectivity index (χ0n) is 2.00. The van der Waals surface area contributed by atoms with Crippen molar-refractivity contribution in [1.82, 2.24) is 0 Å². The lowest BCUT2D eigenvalue weighted by molar-refractivity contribution is 2.50. The molecular formula is C15H68S4. The van der Waals surface area contributed by atoms with Crippen molar-refractivity contribution in [2.45, 2.75) is 111 Å². The standard InChI is InChI=1S/15CH4.4H2S/h15*1H4;4*1H2. The van der Waals surface area contributed by atoms with E-state index in [1.165, 1.54) is 0 Å². The van der Waals surface area contributed by atoms with E-state index in [0.29, 0.717) is 0 Å². The van der Waals surface area contributed by atoms with Crippen molar-refractivity contribution in [2.75, 3.05) is 0 Å². The Morgan fingerprint density at radius 1 is 0.105 bits per heavy atom. The Morgan fingerprint density at radius 2 is 0.105 bits per heavy atom. The van der Waals surface area contributed by atoms with Crippen LogP contribution in [0.2, 0.25) is 0 Å². The molecule has 0 radical (unpaired) electrons. The van der Waals surface area contributed by atoms with Crippen LogP contribution in [0, 0.1) is 0 Å². The molecule has 0 fully saturated rings. The van der Waals surface area contributed by atoms with E-state index < -0.39 is 0 Å². The molecular weight excluding hydrogens is 308 g/mol. The van der Waals surface area contributed by atoms with Crippen LogP contribution in [-0.2, 0) is 0 Å². The van der Waals surface area contributed by atoms with Gasteiger partial charge < -0.3 is 0 Å². The summed E-state index contributed by atoms with van der Waals surface area (Å²) in [6.07, 6.45) is 0. The second kappa shape index (κ2) is 3350. The second-order valence-electron chi connectivity index (χ2n) is 0. The summed E-state index contributed by atoms with van der Waals surface area (Å²) in [5.74, 6) is 0. The molecule has 0 N–H and O–H groups in total. The van der Waals surface area contributed by atoms with Crippen molar-refractivity contribution < 1.29 is 0 Å². The van der Waals surface area contributed by atoms with Gasteiger partial charge in [-0.1, -0.05) is 111 Å². The van der Waals surface area contributed by atoms with Gasteiger partial charge in [-0.25, -0.2) is 0 Å². The van der Waals surface area contributed by atoms with Gasteiger partial charge in [0.2, 0.25) is 0 Å². The first-order valence-electron chi connectivity index (χ1n) is 0. The average Bonchev–Trinajstić information content (AvgIpc) is 0. The molecule has 0 rings (SSSR count). The van der Waals surface area contributed by atoms with E-state index in [-0.39, 0.29) is 165 Å². The molecule has 0 atom stereocenters. The van der Waals surface area contributed by atoms with Gasteiger partial charge in [-0.05, 0) is 0 Å². The quantitative estimate of drug-likeness (QED) is 0.394. The molecule has 0 aromatic heterocycles. The minimum atomic E-state index is 0. The normalized spacial score (nSPS) is 0. The third kappa shape index (κ3) is 3000. The first-order chi connectivity index (χ1) is 0. The average molecular weight is 377 g/mol. The van der Waals surface area contributed by atoms with E-state index in [9.17, 15) is 0 Å². The number of hydrogen-bond acceptors (Lipinski definition) is 0. The van der Waals surface area contributed by atoms with E-state index in [0.717, 1.165) is 0 Å². The van der Waals surface area contributed by atoms with E-state index in [1.807, 2.05) is 0 Å². The first-order valence-corrected chi connectivity index (χ1v) is 0. The fourth-order valence-corrected chi connectivity index (χ4v) is 0. The van der Waals surface area contributed by atoms with Gasteiger partial charge in [0, 0.05) is 0 Å². The Bertz CT molecular complexity index is 14.1. The molecule has 19 heavy (non-hydrogen) atoms. The van der Waals surface area contributed by atoms with E-state index in [4.69, 9.17) is 0 Å². The van der Waals surface area contributed by atoms with Crippen molar-refractivity contribution in [3.05, 3.63) is 0 Å². The van der Waals surface area contributed by atoms with Crippen LogP contribution in [0.25, 0.3) is 0 Å². The van der Waals surface area contributed by atoms with Crippen LogP contribution in [-0.4, -0.2) is 0 Å². The summed E-state index contributed by atoms with van der Waals surface area (Å²) >= 11 is 0. The largest absolute Gasteiger partial charge is 0.197 e. The Kier molecular flexibility index (Phi) is 691000. The third-order valence-corrected chi connectivity index (χ3v) is 0. The SMILES string of the molecule is C.C.C.C.C.C.C.C.C.C.C.C.C.C.C.S.S.S.S. The predicted octanol–water partition coefficient (Wildman–Crippen LogP) is 9.99. The number of rotatable bonds is 0. The Morgan fingerprint density at radius 3 is 0.105 bits per heavy atom. The monoisotopic (exact) mass is 376 g/mol. The summed E-state index contributed by atoms with van der Waals surface area (Å²) in [6, 6.07) is 0. The smallest absolute Gasteiger partial charge is 0.0776 e. The van der Waals surface area contributed by atoms with Crippen molar-refractivity contribution in [1.29, 1.82) is 0 Å². The van der Waals surface area contributed by atoms with Crippen molar-refractivity contribution >= 4 is 54.0 Å². The molecule has 0 amide bonds. The number of hydrogen-bond donors (Lipinski definition) is 0. The van der Waals surface area contributed by atoms with Crippen LogP contribution >= 0.6 is 54.0 Å². The molecule has 0 bridgehead atoms. The zero-order valence-corrected chi connectivity index (χ0v) is 6.00. The van der Waals surface area contributed by atoms with E-state index in [2.05, 4.69) is 0 Å². The predicted molar refractivity (Wildman–Crippen MR) is 142 cm³/mol. The van der Waals surface area contributed by atoms with Gasteiger partial charge in [0.15, 0.2) is 0 Å². The van der Waals surface area contributed by atoms with Crippen molar-refractivity contribution in [3.63, 3.8) is 0 Å². The van der Waals surface area contributed by atoms with Gasteiger partial charge >= 0.3 is 0 Å². The van der Waals surface area contributed by atoms with Crippen LogP contribution in [0.5, 0.6) is 0 Å². The van der Waals surface area contributed by atoms with Crippen LogP contribution in [0.4, 0.5) is 0 Å². The highest BCUT2D eigenvalue weighted by Gasteiger charge is -0.0631. The lowest BCUT2D eigenvalue weighted by atomic mass is 12.0. The molecule has 152 valence electrons. The minimum absolute atomic E-state index is 0. The molecule has 0 unspecified atom stereocenters. The molecule has 0 aliphatic heterocycles. The van der Waals surface area contributed by atoms with Gasteiger partial charge in [-0.15, -0.1) is 0 Å². The molecule has 0 nitrogen and oxygen atoms in total. The molecule has 0 aromatic rings. The summed E-state index contributed by atoms with van der Waals surface area (Å²) in [4.78, 5) is 0. The second-order valence-corrected chi connectivity index (χ2v) is 0. The molecule has 0 saturated carbocycles. The maximum atomic E-state index is 0. The molecule has 4 heteroatoms. The Hall–Kier alpha value is 1.40. The van der Waals surface area contributed by atoms with Crippen molar-refractivity contribution in [2.24, 2.45) is 0 Å². The minimum Gasteiger partial charge on any atom is -0.197 e. The summed E-state index contributed by atoms with van der Waals surface area (Å²) < 4.78 is 0. The molecule has 0 aromatic carbocycles. The van der Waals surface area contributed by atoms with Crippen LogP contribution in [0.3, 0.4) is 0 Å². The summed E-state index contributed by atoms with van der Waals surface area (Å²) in [7, 11) is 0. The van der Waals surface area contributed by atoms with Crippen molar-refractivity contribution in [3.8, 4) is 0 Å². The lowest BCUT2D eigenvalue weighted by Crippen LogP contribution is 0.143. The summed E-state index contributed by atoms with van der Waals surface area (Å²) in [5, 5.41) is 0. The third-order valence-electron chi connectivity index (χ3n) is 0. The van der Waals surface area contributed by atoms with Gasteiger partial charge in [0.25, 0.3) is 0 Å². The van der Waals surface area contributed by atoms with Gasteiger partial charge in [-0.3, -0.25) is 0 Å². The Labute approximate surface area is 165 Å². The van der Waals surface area contributed by atoms with Gasteiger partial charge in [0.05, 0.1) is 0 Å². The molecule has 0 saturated heterocycles. The fourth-order valence-electron chi connectivity index (χ4n) is 0. The maximum absolute atomic E-state index is 0. The zero-order chi connectivity index (χ0) is 0. The lowest BCUT2D eigenvalue weighted by Gasteiger charge is -0.198. The van der Waals surface area contributed by atoms with E-state index >= 15 is 0 Å². The van der Waals surface area contributed by atoms with Crippen LogP contribution in [0.15, 0.2) is 0 Å². The maximum Gasteiger partial charge on any atom is -0.0776 e. The molecule has 0 heterocycles. The van der Waals surface area contributed by atoms with Crippen LogP contribution in [0.1, 0.15) is 111 Å². The molecule has 0 spiro atoms.